The Morgan fingerprint density at radius 2 is 2.20 bits per heavy atom. The van der Waals surface area contributed by atoms with Crippen LogP contribution in [0.15, 0.2) is 17.1 Å². The van der Waals surface area contributed by atoms with Gasteiger partial charge in [0.15, 0.2) is 0 Å². The smallest absolute Gasteiger partial charge is 0.271 e. The van der Waals surface area contributed by atoms with Crippen molar-refractivity contribution in [2.75, 3.05) is 11.1 Å². The molecule has 2 unspecified atom stereocenters. The number of rotatable bonds is 4. The number of alkyl halides is 1. The minimum Gasteiger partial charge on any atom is -0.394 e. The third kappa shape index (κ3) is 3.05. The number of anilines is 1. The molecular formula is C9H13BrN2O3. The first-order valence-electron chi connectivity index (χ1n) is 4.46. The number of aliphatic hydroxyl groups is 2. The number of hydrogen-bond donors (Lipinski definition) is 4. The van der Waals surface area contributed by atoms with Crippen LogP contribution in [0.5, 0.6) is 0 Å². The van der Waals surface area contributed by atoms with E-state index in [1.165, 1.54) is 12.3 Å². The fourth-order valence-corrected chi connectivity index (χ4v) is 1.65. The molecule has 1 aromatic heterocycles. The lowest BCUT2D eigenvalue weighted by Crippen LogP contribution is -2.21. The van der Waals surface area contributed by atoms with E-state index in [9.17, 15) is 15.0 Å². The van der Waals surface area contributed by atoms with Crippen molar-refractivity contribution in [2.45, 2.75) is 18.6 Å². The molecule has 0 spiro atoms. The molecule has 0 saturated heterocycles. The van der Waals surface area contributed by atoms with Crippen LogP contribution in [0, 0.1) is 0 Å². The summed E-state index contributed by atoms with van der Waals surface area (Å²) in [5.41, 5.74) is 5.41. The highest BCUT2D eigenvalue weighted by Crippen LogP contribution is 2.19. The number of pyridine rings is 1. The number of hydrogen-bond acceptors (Lipinski definition) is 4. The van der Waals surface area contributed by atoms with Crippen LogP contribution in [0.25, 0.3) is 0 Å². The highest BCUT2D eigenvalue weighted by atomic mass is 79.9. The van der Waals surface area contributed by atoms with Crippen LogP contribution in [0.2, 0.25) is 0 Å². The average molecular weight is 277 g/mol. The molecule has 1 rings (SSSR count). The Kier molecular flexibility index (Phi) is 4.31. The van der Waals surface area contributed by atoms with Crippen molar-refractivity contribution in [3.05, 3.63) is 28.2 Å². The van der Waals surface area contributed by atoms with Gasteiger partial charge >= 0.3 is 0 Å². The molecule has 0 aromatic carbocycles. The number of nitrogens with one attached hydrogen (secondary N) is 1. The number of nitrogens with two attached hydrogens (primary N) is 1. The van der Waals surface area contributed by atoms with Crippen LogP contribution < -0.4 is 11.3 Å². The third-order valence-electron chi connectivity index (χ3n) is 2.07. The van der Waals surface area contributed by atoms with E-state index in [0.29, 0.717) is 17.3 Å². The SMILES string of the molecule is Nc1cc(C(O)C(O)CCBr)c[nH]c1=O. The monoisotopic (exact) mass is 276 g/mol. The standard InChI is InChI=1S/C9H13BrN2O3/c10-2-1-7(13)8(14)5-3-6(11)9(15)12-4-5/h3-4,7-8,13-14H,1-2,11H2,(H,12,15). The van der Waals surface area contributed by atoms with Gasteiger partial charge in [-0.15, -0.1) is 0 Å². The molecule has 0 aliphatic carbocycles. The zero-order chi connectivity index (χ0) is 11.4. The Labute approximate surface area is 95.1 Å². The van der Waals surface area contributed by atoms with Gasteiger partial charge in [0, 0.05) is 17.1 Å². The van der Waals surface area contributed by atoms with Crippen LogP contribution >= 0.6 is 15.9 Å². The summed E-state index contributed by atoms with van der Waals surface area (Å²) < 4.78 is 0. The maximum absolute atomic E-state index is 11.0. The summed E-state index contributed by atoms with van der Waals surface area (Å²) in [6.45, 7) is 0. The fourth-order valence-electron chi connectivity index (χ4n) is 1.18. The molecule has 0 radical (unpaired) electrons. The molecule has 0 saturated carbocycles. The third-order valence-corrected chi connectivity index (χ3v) is 2.52. The second-order valence-electron chi connectivity index (χ2n) is 3.21. The summed E-state index contributed by atoms with van der Waals surface area (Å²) in [5.74, 6) is 0. The van der Waals surface area contributed by atoms with Gasteiger partial charge in [-0.1, -0.05) is 15.9 Å². The molecule has 1 heterocycles. The Bertz CT molecular complexity index is 380. The number of aromatic amines is 1. The van der Waals surface area contributed by atoms with Crippen LogP contribution in [0.4, 0.5) is 5.69 Å². The average Bonchev–Trinajstić information content (AvgIpc) is 2.21. The number of aliphatic hydroxyl groups excluding tert-OH is 2. The lowest BCUT2D eigenvalue weighted by atomic mass is 10.0. The van der Waals surface area contributed by atoms with Crippen molar-refractivity contribution in [3.63, 3.8) is 0 Å². The minimum absolute atomic E-state index is 0.0255. The topological polar surface area (TPSA) is 99.3 Å². The quantitative estimate of drug-likeness (QED) is 0.588. The molecule has 5 N–H and O–H groups in total. The Balaban J connectivity index is 2.86. The second-order valence-corrected chi connectivity index (χ2v) is 4.00. The van der Waals surface area contributed by atoms with Gasteiger partial charge in [0.05, 0.1) is 11.8 Å². The molecule has 1 aromatic rings. The molecule has 0 bridgehead atoms. The molecule has 2 atom stereocenters. The lowest BCUT2D eigenvalue weighted by Gasteiger charge is -2.16. The molecule has 0 fully saturated rings. The summed E-state index contributed by atoms with van der Waals surface area (Å²) >= 11 is 3.16. The lowest BCUT2D eigenvalue weighted by molar-refractivity contribution is 0.0172. The van der Waals surface area contributed by atoms with E-state index in [4.69, 9.17) is 5.73 Å². The molecule has 0 amide bonds. The fraction of sp³-hybridized carbons (Fsp3) is 0.444. The van der Waals surface area contributed by atoms with Crippen molar-refractivity contribution >= 4 is 21.6 Å². The van der Waals surface area contributed by atoms with Crippen molar-refractivity contribution in [2.24, 2.45) is 0 Å². The van der Waals surface area contributed by atoms with Crippen molar-refractivity contribution in [1.82, 2.24) is 4.98 Å². The summed E-state index contributed by atoms with van der Waals surface area (Å²) in [4.78, 5) is 13.3. The zero-order valence-corrected chi connectivity index (χ0v) is 9.57. The predicted octanol–water partition coefficient (Wildman–Crippen LogP) is 0.136. The van der Waals surface area contributed by atoms with Gasteiger partial charge in [-0.05, 0) is 12.5 Å². The second kappa shape index (κ2) is 5.29. The summed E-state index contributed by atoms with van der Waals surface area (Å²) in [5, 5.41) is 19.8. The van der Waals surface area contributed by atoms with Gasteiger partial charge < -0.3 is 20.9 Å². The normalized spacial score (nSPS) is 14.9. The van der Waals surface area contributed by atoms with E-state index in [1.54, 1.807) is 0 Å². The molecular weight excluding hydrogens is 264 g/mol. The Morgan fingerprint density at radius 1 is 1.53 bits per heavy atom. The molecule has 5 nitrogen and oxygen atoms in total. The predicted molar refractivity (Wildman–Crippen MR) is 60.9 cm³/mol. The maximum atomic E-state index is 11.0. The number of aromatic nitrogens is 1. The molecule has 15 heavy (non-hydrogen) atoms. The summed E-state index contributed by atoms with van der Waals surface area (Å²) in [6.07, 6.45) is -0.155. The molecule has 84 valence electrons. The van der Waals surface area contributed by atoms with Crippen molar-refractivity contribution < 1.29 is 10.2 Å². The van der Waals surface area contributed by atoms with E-state index in [0.717, 1.165) is 0 Å². The molecule has 0 aliphatic heterocycles. The highest BCUT2D eigenvalue weighted by molar-refractivity contribution is 9.09. The van der Waals surface area contributed by atoms with Crippen LogP contribution in [0.1, 0.15) is 18.1 Å². The van der Waals surface area contributed by atoms with Gasteiger partial charge in [0.1, 0.15) is 6.10 Å². The van der Waals surface area contributed by atoms with Crippen molar-refractivity contribution in [3.8, 4) is 0 Å². The van der Waals surface area contributed by atoms with E-state index < -0.39 is 17.8 Å². The maximum Gasteiger partial charge on any atom is 0.271 e. The number of H-pyrrole nitrogens is 1. The van der Waals surface area contributed by atoms with Crippen molar-refractivity contribution in [1.29, 1.82) is 0 Å². The highest BCUT2D eigenvalue weighted by Gasteiger charge is 2.18. The Hall–Kier alpha value is -0.850. The van der Waals surface area contributed by atoms with Crippen LogP contribution in [-0.4, -0.2) is 26.6 Å². The number of nitrogen functional groups attached to an aromatic ring is 1. The number of halogens is 1. The van der Waals surface area contributed by atoms with Gasteiger partial charge in [-0.25, -0.2) is 0 Å². The van der Waals surface area contributed by atoms with E-state index >= 15 is 0 Å². The van der Waals surface area contributed by atoms with Gasteiger partial charge in [0.2, 0.25) is 0 Å². The van der Waals surface area contributed by atoms with Crippen LogP contribution in [0.3, 0.4) is 0 Å². The molecule has 0 aliphatic rings. The summed E-state index contributed by atoms with van der Waals surface area (Å²) in [6, 6.07) is 1.36. The molecule has 6 heteroatoms. The van der Waals surface area contributed by atoms with E-state index in [1.807, 2.05) is 0 Å². The van der Waals surface area contributed by atoms with Crippen LogP contribution in [-0.2, 0) is 0 Å². The first kappa shape index (κ1) is 12.2. The summed E-state index contributed by atoms with van der Waals surface area (Å²) in [7, 11) is 0. The zero-order valence-electron chi connectivity index (χ0n) is 7.98. The first-order chi connectivity index (χ1) is 7.06. The van der Waals surface area contributed by atoms with Gasteiger partial charge in [-0.2, -0.15) is 0 Å². The largest absolute Gasteiger partial charge is 0.394 e. The van der Waals surface area contributed by atoms with E-state index in [2.05, 4.69) is 20.9 Å². The van der Waals surface area contributed by atoms with Gasteiger partial charge in [0.25, 0.3) is 5.56 Å². The van der Waals surface area contributed by atoms with Gasteiger partial charge in [-0.3, -0.25) is 4.79 Å². The first-order valence-corrected chi connectivity index (χ1v) is 5.58. The minimum atomic E-state index is -1.04. The van der Waals surface area contributed by atoms with E-state index in [-0.39, 0.29) is 5.69 Å². The Morgan fingerprint density at radius 3 is 2.73 bits per heavy atom.